The molecule has 0 bridgehead atoms. The van der Waals surface area contributed by atoms with Crippen molar-refractivity contribution < 1.29 is 28.7 Å². The van der Waals surface area contributed by atoms with Crippen LogP contribution in [-0.4, -0.2) is 53.6 Å². The monoisotopic (exact) mass is 452 g/mol. The topological polar surface area (TPSA) is 111 Å². The predicted molar refractivity (Wildman–Crippen MR) is 120 cm³/mol. The van der Waals surface area contributed by atoms with Crippen LogP contribution in [0.2, 0.25) is 0 Å². The number of benzene rings is 1. The van der Waals surface area contributed by atoms with Crippen molar-refractivity contribution in [1.82, 2.24) is 10.6 Å². The lowest BCUT2D eigenvalue weighted by atomic mass is 10.1. The highest BCUT2D eigenvalue weighted by molar-refractivity contribution is 8.13. The molecule has 0 spiro atoms. The Morgan fingerprint density at radius 2 is 1.74 bits per heavy atom. The number of nitrogens with one attached hydrogen (secondary N) is 2. The van der Waals surface area contributed by atoms with Gasteiger partial charge in [0.05, 0.1) is 6.61 Å². The molecule has 0 saturated carbocycles. The molecule has 1 atom stereocenters. The summed E-state index contributed by atoms with van der Waals surface area (Å²) < 4.78 is 10.1. The molecule has 8 nitrogen and oxygen atoms in total. The number of amides is 2. The maximum absolute atomic E-state index is 12.1. The summed E-state index contributed by atoms with van der Waals surface area (Å²) in [4.78, 5) is 48.1. The summed E-state index contributed by atoms with van der Waals surface area (Å²) in [6.07, 6.45) is 0.0392. The average Bonchev–Trinajstić information content (AvgIpc) is 2.69. The first-order chi connectivity index (χ1) is 14.6. The summed E-state index contributed by atoms with van der Waals surface area (Å²) in [6.45, 7) is 7.40. The third-order valence-corrected chi connectivity index (χ3v) is 4.83. The molecule has 0 saturated heterocycles. The van der Waals surface area contributed by atoms with Crippen LogP contribution in [0.1, 0.15) is 46.1 Å². The third kappa shape index (κ3) is 12.7. The third-order valence-electron chi connectivity index (χ3n) is 3.81. The maximum Gasteiger partial charge on any atom is 0.408 e. The lowest BCUT2D eigenvalue weighted by Gasteiger charge is -2.22. The molecule has 0 fully saturated rings. The van der Waals surface area contributed by atoms with Crippen LogP contribution in [0.3, 0.4) is 0 Å². The minimum absolute atomic E-state index is 0.00741. The summed E-state index contributed by atoms with van der Waals surface area (Å²) in [5.74, 6) is -0.863. The number of esters is 1. The van der Waals surface area contributed by atoms with Crippen molar-refractivity contribution in [2.24, 2.45) is 0 Å². The van der Waals surface area contributed by atoms with Crippen molar-refractivity contribution in [3.05, 3.63) is 35.9 Å². The van der Waals surface area contributed by atoms with Crippen LogP contribution in [0.5, 0.6) is 0 Å². The minimum Gasteiger partial charge on any atom is -0.464 e. The Morgan fingerprint density at radius 1 is 1.06 bits per heavy atom. The highest BCUT2D eigenvalue weighted by Crippen LogP contribution is 2.12. The fraction of sp³-hybridized carbons (Fsp3) is 0.545. The van der Waals surface area contributed by atoms with Gasteiger partial charge in [0.2, 0.25) is 5.91 Å². The molecule has 31 heavy (non-hydrogen) atoms. The van der Waals surface area contributed by atoms with E-state index in [9.17, 15) is 19.2 Å². The molecular formula is C22H32N2O6S. The number of carbonyl (C=O) groups excluding carboxylic acids is 4. The molecule has 172 valence electrons. The summed E-state index contributed by atoms with van der Waals surface area (Å²) in [5.41, 5.74) is 0.400. The van der Waals surface area contributed by atoms with Gasteiger partial charge in [0.15, 0.2) is 5.12 Å². The lowest BCUT2D eigenvalue weighted by molar-refractivity contribution is -0.145. The first-order valence-corrected chi connectivity index (χ1v) is 11.2. The minimum atomic E-state index is -1.02. The number of ether oxygens (including phenoxy) is 2. The molecule has 0 aromatic heterocycles. The van der Waals surface area contributed by atoms with Gasteiger partial charge >= 0.3 is 12.1 Å². The Morgan fingerprint density at radius 3 is 2.35 bits per heavy atom. The zero-order valence-electron chi connectivity index (χ0n) is 18.6. The van der Waals surface area contributed by atoms with E-state index in [-0.39, 0.29) is 36.2 Å². The van der Waals surface area contributed by atoms with E-state index in [2.05, 4.69) is 10.6 Å². The van der Waals surface area contributed by atoms with Crippen LogP contribution in [0.4, 0.5) is 4.79 Å². The molecule has 1 aromatic carbocycles. The predicted octanol–water partition coefficient (Wildman–Crippen LogP) is 2.84. The maximum atomic E-state index is 12.1. The first-order valence-electron chi connectivity index (χ1n) is 10.2. The Labute approximate surface area is 187 Å². The van der Waals surface area contributed by atoms with E-state index in [0.717, 1.165) is 17.3 Å². The molecule has 0 unspecified atom stereocenters. The van der Waals surface area contributed by atoms with Crippen LogP contribution in [-0.2, 0) is 30.3 Å². The molecule has 0 aliphatic carbocycles. The van der Waals surface area contributed by atoms with E-state index < -0.39 is 23.7 Å². The number of thioether (sulfide) groups is 1. The van der Waals surface area contributed by atoms with E-state index in [0.29, 0.717) is 13.0 Å². The molecule has 0 radical (unpaired) electrons. The van der Waals surface area contributed by atoms with Crippen LogP contribution in [0.15, 0.2) is 30.3 Å². The van der Waals surface area contributed by atoms with Gasteiger partial charge in [-0.15, -0.1) is 0 Å². The smallest absolute Gasteiger partial charge is 0.408 e. The van der Waals surface area contributed by atoms with E-state index in [1.807, 2.05) is 30.3 Å². The van der Waals surface area contributed by atoms with Crippen LogP contribution >= 0.6 is 11.8 Å². The highest BCUT2D eigenvalue weighted by atomic mass is 32.2. The first kappa shape index (κ1) is 26.5. The fourth-order valence-electron chi connectivity index (χ4n) is 2.40. The molecule has 2 amide bonds. The molecule has 1 aromatic rings. The standard InChI is InChI=1S/C22H32N2O6S/c1-5-29-20(27)17(24-21(28)30-22(2,3)4)15-31-19(26)12-11-18(25)23-14-13-16-9-7-6-8-10-16/h6-10,17H,5,11-15H2,1-4H3,(H,23,25)(H,24,28)/t17-/m1/s1. The Hall–Kier alpha value is -2.55. The van der Waals surface area contributed by atoms with Gasteiger partial charge in [-0.3, -0.25) is 9.59 Å². The second-order valence-corrected chi connectivity index (χ2v) is 8.80. The van der Waals surface area contributed by atoms with E-state index in [1.165, 1.54) is 0 Å². The SMILES string of the molecule is CCOC(=O)[C@@H](CSC(=O)CCC(=O)NCCc1ccccc1)NC(=O)OC(C)(C)C. The van der Waals surface area contributed by atoms with Gasteiger partial charge in [0.25, 0.3) is 0 Å². The summed E-state index contributed by atoms with van der Waals surface area (Å²) in [6, 6.07) is 8.75. The normalized spacial score (nSPS) is 11.9. The number of alkyl carbamates (subject to hydrolysis) is 1. The Kier molecular flexibility index (Phi) is 11.7. The second kappa shape index (κ2) is 13.7. The molecule has 0 aliphatic heterocycles. The molecule has 0 aliphatic rings. The van der Waals surface area contributed by atoms with Gasteiger partial charge in [-0.2, -0.15) is 0 Å². The second-order valence-electron chi connectivity index (χ2n) is 7.72. The highest BCUT2D eigenvalue weighted by Gasteiger charge is 2.26. The van der Waals surface area contributed by atoms with E-state index >= 15 is 0 Å². The van der Waals surface area contributed by atoms with Crippen molar-refractivity contribution in [3.63, 3.8) is 0 Å². The fourth-order valence-corrected chi connectivity index (χ4v) is 3.22. The summed E-state index contributed by atoms with van der Waals surface area (Å²) in [7, 11) is 0. The van der Waals surface area contributed by atoms with Crippen molar-refractivity contribution in [2.45, 2.75) is 58.6 Å². The molecule has 1 rings (SSSR count). The molecule has 9 heteroatoms. The van der Waals surface area contributed by atoms with Gasteiger partial charge in [-0.25, -0.2) is 9.59 Å². The quantitative estimate of drug-likeness (QED) is 0.497. The van der Waals surface area contributed by atoms with E-state index in [4.69, 9.17) is 9.47 Å². The number of rotatable bonds is 11. The van der Waals surface area contributed by atoms with Crippen molar-refractivity contribution in [1.29, 1.82) is 0 Å². The summed E-state index contributed by atoms with van der Waals surface area (Å²) >= 11 is 0.871. The number of hydrogen-bond donors (Lipinski definition) is 2. The van der Waals surface area contributed by atoms with Crippen LogP contribution < -0.4 is 10.6 Å². The van der Waals surface area contributed by atoms with Gasteiger partial charge in [0, 0.05) is 25.1 Å². The van der Waals surface area contributed by atoms with Crippen LogP contribution in [0, 0.1) is 0 Å². The van der Waals surface area contributed by atoms with Gasteiger partial charge < -0.3 is 20.1 Å². The Bertz CT molecular complexity index is 733. The van der Waals surface area contributed by atoms with E-state index in [1.54, 1.807) is 27.7 Å². The number of hydrogen-bond acceptors (Lipinski definition) is 7. The summed E-state index contributed by atoms with van der Waals surface area (Å²) in [5, 5.41) is 4.97. The lowest BCUT2D eigenvalue weighted by Crippen LogP contribution is -2.46. The van der Waals surface area contributed by atoms with Crippen LogP contribution in [0.25, 0.3) is 0 Å². The van der Waals surface area contributed by atoms with Gasteiger partial charge in [0.1, 0.15) is 11.6 Å². The van der Waals surface area contributed by atoms with Crippen molar-refractivity contribution in [2.75, 3.05) is 18.9 Å². The van der Waals surface area contributed by atoms with Gasteiger partial charge in [-0.05, 0) is 39.7 Å². The van der Waals surface area contributed by atoms with Crippen molar-refractivity contribution >= 4 is 34.8 Å². The van der Waals surface area contributed by atoms with Gasteiger partial charge in [-0.1, -0.05) is 42.1 Å². The molecule has 0 heterocycles. The Balaban J connectivity index is 2.38. The number of carbonyl (C=O) groups is 4. The average molecular weight is 453 g/mol. The van der Waals surface area contributed by atoms with Crippen molar-refractivity contribution in [3.8, 4) is 0 Å². The zero-order valence-corrected chi connectivity index (χ0v) is 19.4. The molecule has 2 N–H and O–H groups in total. The largest absolute Gasteiger partial charge is 0.464 e. The zero-order chi connectivity index (χ0) is 23.3. The molecular weight excluding hydrogens is 420 g/mol.